The van der Waals surface area contributed by atoms with Crippen LogP contribution in [0.15, 0.2) is 18.2 Å². The Bertz CT molecular complexity index is 615. The molecule has 0 radical (unpaired) electrons. The number of phenols is 1. The Morgan fingerprint density at radius 3 is 2.65 bits per heavy atom. The number of aromatic nitrogens is 2. The maximum atomic E-state index is 12.3. The van der Waals surface area contributed by atoms with Crippen molar-refractivity contribution in [3.05, 3.63) is 24.0 Å². The number of aromatic hydroxyl groups is 1. The van der Waals surface area contributed by atoms with Crippen LogP contribution in [-0.2, 0) is 14.9 Å². The summed E-state index contributed by atoms with van der Waals surface area (Å²) >= 11 is 0. The molecule has 0 atom stereocenters. The number of fused-ring (bicyclic) bond motifs is 1. The number of nitrogens with zero attached hydrogens (tertiary/aromatic N) is 1. The number of hydrogen-bond donors (Lipinski definition) is 2. The molecule has 0 saturated carbocycles. The molecule has 0 aliphatic rings. The minimum atomic E-state index is -0.759. The van der Waals surface area contributed by atoms with E-state index in [2.05, 4.69) is 9.97 Å². The van der Waals surface area contributed by atoms with E-state index >= 15 is 0 Å². The predicted molar refractivity (Wildman–Crippen MR) is 76.7 cm³/mol. The number of carbonyl (C=O) groups is 1. The summed E-state index contributed by atoms with van der Waals surface area (Å²) in [5.41, 5.74) is 0.689. The molecule has 0 aliphatic carbocycles. The van der Waals surface area contributed by atoms with Gasteiger partial charge in [0, 0.05) is 6.07 Å². The number of hydrogen-bond acceptors (Lipinski definition) is 4. The van der Waals surface area contributed by atoms with Gasteiger partial charge < -0.3 is 14.8 Å². The van der Waals surface area contributed by atoms with Gasteiger partial charge >= 0.3 is 5.97 Å². The second-order valence-corrected chi connectivity index (χ2v) is 4.80. The average Bonchev–Trinajstić information content (AvgIpc) is 2.84. The molecule has 5 nitrogen and oxygen atoms in total. The normalized spacial score (nSPS) is 11.8. The molecule has 0 aliphatic heterocycles. The largest absolute Gasteiger partial charge is 0.508 e. The second kappa shape index (κ2) is 5.53. The van der Waals surface area contributed by atoms with E-state index in [0.29, 0.717) is 25.3 Å². The molecule has 0 fully saturated rings. The second-order valence-electron chi connectivity index (χ2n) is 4.80. The standard InChI is InChI=1S/C15H20N2O3/c1-4-15(5-2,14(19)20-6-3)13-16-11-8-7-10(18)9-12(11)17-13/h7-9,18H,4-6H2,1-3H3,(H,16,17). The number of H-pyrrole nitrogens is 1. The van der Waals surface area contributed by atoms with Crippen LogP contribution in [0.3, 0.4) is 0 Å². The lowest BCUT2D eigenvalue weighted by Crippen LogP contribution is -2.37. The van der Waals surface area contributed by atoms with Gasteiger partial charge in [-0.3, -0.25) is 4.79 Å². The molecule has 0 spiro atoms. The van der Waals surface area contributed by atoms with E-state index in [-0.39, 0.29) is 11.7 Å². The number of imidazole rings is 1. The van der Waals surface area contributed by atoms with Gasteiger partial charge in [0.2, 0.25) is 0 Å². The Morgan fingerprint density at radius 2 is 2.05 bits per heavy atom. The van der Waals surface area contributed by atoms with Crippen LogP contribution in [0, 0.1) is 0 Å². The van der Waals surface area contributed by atoms with Crippen LogP contribution in [0.2, 0.25) is 0 Å². The van der Waals surface area contributed by atoms with E-state index in [1.807, 2.05) is 13.8 Å². The van der Waals surface area contributed by atoms with Gasteiger partial charge in [0.15, 0.2) is 0 Å². The van der Waals surface area contributed by atoms with Crippen molar-refractivity contribution < 1.29 is 14.6 Å². The van der Waals surface area contributed by atoms with E-state index in [1.165, 1.54) is 0 Å². The van der Waals surface area contributed by atoms with Crippen LogP contribution in [0.1, 0.15) is 39.4 Å². The summed E-state index contributed by atoms with van der Waals surface area (Å²) in [7, 11) is 0. The molecule has 0 amide bonds. The molecule has 2 N–H and O–H groups in total. The van der Waals surface area contributed by atoms with Crippen LogP contribution in [0.25, 0.3) is 11.0 Å². The Hall–Kier alpha value is -2.04. The highest BCUT2D eigenvalue weighted by molar-refractivity contribution is 5.84. The Labute approximate surface area is 118 Å². The lowest BCUT2D eigenvalue weighted by atomic mass is 9.81. The zero-order chi connectivity index (χ0) is 14.8. The Balaban J connectivity index is 2.53. The predicted octanol–water partition coefficient (Wildman–Crippen LogP) is 2.89. The smallest absolute Gasteiger partial charge is 0.319 e. The first kappa shape index (κ1) is 14.4. The fourth-order valence-electron chi connectivity index (χ4n) is 2.46. The highest BCUT2D eigenvalue weighted by Crippen LogP contribution is 2.33. The van der Waals surface area contributed by atoms with Crippen molar-refractivity contribution in [2.24, 2.45) is 0 Å². The summed E-state index contributed by atoms with van der Waals surface area (Å²) in [6.07, 6.45) is 1.21. The van der Waals surface area contributed by atoms with Crippen LogP contribution in [0.4, 0.5) is 0 Å². The molecule has 20 heavy (non-hydrogen) atoms. The van der Waals surface area contributed by atoms with E-state index in [4.69, 9.17) is 4.74 Å². The monoisotopic (exact) mass is 276 g/mol. The molecule has 1 aromatic heterocycles. The number of benzene rings is 1. The minimum absolute atomic E-state index is 0.169. The van der Waals surface area contributed by atoms with E-state index in [9.17, 15) is 9.90 Å². The fourth-order valence-corrected chi connectivity index (χ4v) is 2.46. The van der Waals surface area contributed by atoms with Crippen molar-refractivity contribution in [3.8, 4) is 5.75 Å². The quantitative estimate of drug-likeness (QED) is 0.823. The van der Waals surface area contributed by atoms with E-state index in [0.717, 1.165) is 11.0 Å². The number of esters is 1. The van der Waals surface area contributed by atoms with Gasteiger partial charge in [-0.2, -0.15) is 0 Å². The van der Waals surface area contributed by atoms with Gasteiger partial charge in [0.05, 0.1) is 17.6 Å². The fraction of sp³-hybridized carbons (Fsp3) is 0.467. The molecule has 1 aromatic carbocycles. The van der Waals surface area contributed by atoms with Crippen LogP contribution >= 0.6 is 0 Å². The molecule has 0 unspecified atom stereocenters. The molecule has 5 heteroatoms. The molecule has 1 heterocycles. The molecule has 0 saturated heterocycles. The number of aromatic amines is 1. The number of rotatable bonds is 5. The molecular weight excluding hydrogens is 256 g/mol. The number of nitrogens with one attached hydrogen (secondary N) is 1. The maximum Gasteiger partial charge on any atom is 0.319 e. The SMILES string of the molecule is CCOC(=O)C(CC)(CC)c1nc2ccc(O)cc2[nH]1. The third kappa shape index (κ3) is 2.24. The summed E-state index contributed by atoms with van der Waals surface area (Å²) in [6, 6.07) is 4.91. The molecule has 108 valence electrons. The molecular formula is C15H20N2O3. The van der Waals surface area contributed by atoms with Crippen LogP contribution in [-0.4, -0.2) is 27.7 Å². The summed E-state index contributed by atoms with van der Waals surface area (Å²) in [5.74, 6) is 0.511. The maximum absolute atomic E-state index is 12.3. The zero-order valence-electron chi connectivity index (χ0n) is 12.1. The highest BCUT2D eigenvalue weighted by atomic mass is 16.5. The zero-order valence-corrected chi connectivity index (χ0v) is 12.1. The van der Waals surface area contributed by atoms with Crippen molar-refractivity contribution in [2.45, 2.75) is 39.0 Å². The van der Waals surface area contributed by atoms with Gasteiger partial charge in [0.25, 0.3) is 0 Å². The van der Waals surface area contributed by atoms with Crippen LogP contribution in [0.5, 0.6) is 5.75 Å². The highest BCUT2D eigenvalue weighted by Gasteiger charge is 2.41. The van der Waals surface area contributed by atoms with E-state index in [1.54, 1.807) is 25.1 Å². The molecule has 2 aromatic rings. The van der Waals surface area contributed by atoms with Crippen molar-refractivity contribution >= 4 is 17.0 Å². The lowest BCUT2D eigenvalue weighted by molar-refractivity contribution is -0.150. The summed E-state index contributed by atoms with van der Waals surface area (Å²) in [6.45, 7) is 6.04. The van der Waals surface area contributed by atoms with Gasteiger partial charge in [-0.25, -0.2) is 4.98 Å². The van der Waals surface area contributed by atoms with Crippen molar-refractivity contribution in [1.82, 2.24) is 9.97 Å². The topological polar surface area (TPSA) is 75.2 Å². The summed E-state index contributed by atoms with van der Waals surface area (Å²) in [5, 5.41) is 9.51. The molecule has 2 rings (SSSR count). The first-order valence-electron chi connectivity index (χ1n) is 6.93. The third-order valence-corrected chi connectivity index (χ3v) is 3.79. The van der Waals surface area contributed by atoms with E-state index < -0.39 is 5.41 Å². The first-order chi connectivity index (χ1) is 9.57. The van der Waals surface area contributed by atoms with Crippen molar-refractivity contribution in [1.29, 1.82) is 0 Å². The van der Waals surface area contributed by atoms with Crippen molar-refractivity contribution in [3.63, 3.8) is 0 Å². The average molecular weight is 276 g/mol. The minimum Gasteiger partial charge on any atom is -0.508 e. The Morgan fingerprint density at radius 1 is 1.35 bits per heavy atom. The first-order valence-corrected chi connectivity index (χ1v) is 6.93. The van der Waals surface area contributed by atoms with Crippen molar-refractivity contribution in [2.75, 3.05) is 6.61 Å². The Kier molecular flexibility index (Phi) is 3.97. The number of ether oxygens (including phenoxy) is 1. The molecule has 0 bridgehead atoms. The van der Waals surface area contributed by atoms with Gasteiger partial charge in [-0.05, 0) is 31.9 Å². The van der Waals surface area contributed by atoms with Crippen LogP contribution < -0.4 is 0 Å². The number of phenolic OH excluding ortho intramolecular Hbond substituents is 1. The van der Waals surface area contributed by atoms with Gasteiger partial charge in [0.1, 0.15) is 17.0 Å². The van der Waals surface area contributed by atoms with Gasteiger partial charge in [-0.1, -0.05) is 13.8 Å². The van der Waals surface area contributed by atoms with Gasteiger partial charge in [-0.15, -0.1) is 0 Å². The summed E-state index contributed by atoms with van der Waals surface area (Å²) in [4.78, 5) is 20.0. The summed E-state index contributed by atoms with van der Waals surface area (Å²) < 4.78 is 5.21. The third-order valence-electron chi connectivity index (χ3n) is 3.79. The lowest BCUT2D eigenvalue weighted by Gasteiger charge is -2.26. The number of carbonyl (C=O) groups excluding carboxylic acids is 1.